The lowest BCUT2D eigenvalue weighted by molar-refractivity contribution is -0.141. The molecule has 27 heavy (non-hydrogen) atoms. The first-order valence-electron chi connectivity index (χ1n) is 8.27. The van der Waals surface area contributed by atoms with Gasteiger partial charge < -0.3 is 10.4 Å². The number of hydrogen-bond donors (Lipinski definition) is 2. The van der Waals surface area contributed by atoms with Crippen molar-refractivity contribution in [3.8, 4) is 10.6 Å². The van der Waals surface area contributed by atoms with Crippen LogP contribution >= 0.6 is 22.9 Å². The van der Waals surface area contributed by atoms with Gasteiger partial charge in [-0.1, -0.05) is 54.1 Å². The summed E-state index contributed by atoms with van der Waals surface area (Å²) < 4.78 is 0. The number of rotatable bonds is 7. The smallest absolute Gasteiger partial charge is 0.326 e. The lowest BCUT2D eigenvalue weighted by atomic mass is 10.1. The quantitative estimate of drug-likeness (QED) is 0.632. The standard InChI is InChI=1S/C20H17ClN2O3S/c21-15-8-6-14(7-9-15)19-22-16(12-27-19)11-18(24)23-17(20(25)26)10-13-4-2-1-3-5-13/h1-9,12,17H,10-11H2,(H,23,24)(H,25,26)/t17-/m1/s1. The zero-order chi connectivity index (χ0) is 19.2. The number of halogens is 1. The molecular weight excluding hydrogens is 384 g/mol. The second-order valence-electron chi connectivity index (χ2n) is 5.98. The normalized spacial score (nSPS) is 11.7. The van der Waals surface area contributed by atoms with Gasteiger partial charge in [0.05, 0.1) is 12.1 Å². The Morgan fingerprint density at radius 3 is 2.48 bits per heavy atom. The van der Waals surface area contributed by atoms with Gasteiger partial charge in [0.2, 0.25) is 5.91 Å². The summed E-state index contributed by atoms with van der Waals surface area (Å²) >= 11 is 7.32. The molecule has 1 aromatic heterocycles. The first-order valence-corrected chi connectivity index (χ1v) is 9.53. The van der Waals surface area contributed by atoms with Gasteiger partial charge in [-0.15, -0.1) is 11.3 Å². The first kappa shape index (κ1) is 19.1. The number of thiazole rings is 1. The predicted molar refractivity (Wildman–Crippen MR) is 106 cm³/mol. The third kappa shape index (κ3) is 5.39. The molecule has 0 bridgehead atoms. The molecule has 0 saturated carbocycles. The fourth-order valence-electron chi connectivity index (χ4n) is 2.57. The number of nitrogens with zero attached hydrogens (tertiary/aromatic N) is 1. The third-order valence-electron chi connectivity index (χ3n) is 3.90. The number of carboxylic acid groups (broad SMARTS) is 1. The Bertz CT molecular complexity index is 926. The lowest BCUT2D eigenvalue weighted by Gasteiger charge is -2.14. The number of carbonyl (C=O) groups is 2. The molecular formula is C20H17ClN2O3S. The highest BCUT2D eigenvalue weighted by Crippen LogP contribution is 2.25. The second-order valence-corrected chi connectivity index (χ2v) is 7.27. The Balaban J connectivity index is 1.62. The van der Waals surface area contributed by atoms with Gasteiger partial charge in [-0.3, -0.25) is 4.79 Å². The van der Waals surface area contributed by atoms with E-state index in [0.717, 1.165) is 16.1 Å². The van der Waals surface area contributed by atoms with Crippen LogP contribution in [0.4, 0.5) is 0 Å². The molecule has 0 saturated heterocycles. The van der Waals surface area contributed by atoms with Gasteiger partial charge >= 0.3 is 5.97 Å². The average molecular weight is 401 g/mol. The molecule has 0 radical (unpaired) electrons. The number of aromatic nitrogens is 1. The van der Waals surface area contributed by atoms with Gasteiger partial charge in [-0.25, -0.2) is 9.78 Å². The van der Waals surface area contributed by atoms with E-state index in [4.69, 9.17) is 11.6 Å². The summed E-state index contributed by atoms with van der Waals surface area (Å²) in [5.74, 6) is -1.43. The van der Waals surface area contributed by atoms with Crippen molar-refractivity contribution < 1.29 is 14.7 Å². The molecule has 1 heterocycles. The molecule has 0 aliphatic carbocycles. The van der Waals surface area contributed by atoms with Crippen LogP contribution in [0.15, 0.2) is 60.0 Å². The highest BCUT2D eigenvalue weighted by atomic mass is 35.5. The van der Waals surface area contributed by atoms with E-state index in [-0.39, 0.29) is 18.7 Å². The summed E-state index contributed by atoms with van der Waals surface area (Å²) in [5, 5.41) is 15.2. The highest BCUT2D eigenvalue weighted by Gasteiger charge is 2.21. The highest BCUT2D eigenvalue weighted by molar-refractivity contribution is 7.13. The molecule has 0 fully saturated rings. The van der Waals surface area contributed by atoms with Crippen LogP contribution in [-0.2, 0) is 22.4 Å². The number of nitrogens with one attached hydrogen (secondary N) is 1. The van der Waals surface area contributed by atoms with Gasteiger partial charge in [0.1, 0.15) is 11.0 Å². The summed E-state index contributed by atoms with van der Waals surface area (Å²) in [6.07, 6.45) is 0.262. The monoisotopic (exact) mass is 400 g/mol. The summed E-state index contributed by atoms with van der Waals surface area (Å²) in [7, 11) is 0. The van der Waals surface area contributed by atoms with Crippen LogP contribution in [0.25, 0.3) is 10.6 Å². The second kappa shape index (κ2) is 8.79. The molecule has 0 unspecified atom stereocenters. The van der Waals surface area contributed by atoms with Crippen molar-refractivity contribution in [1.82, 2.24) is 10.3 Å². The van der Waals surface area contributed by atoms with Crippen molar-refractivity contribution in [2.24, 2.45) is 0 Å². The van der Waals surface area contributed by atoms with E-state index in [2.05, 4.69) is 10.3 Å². The van der Waals surface area contributed by atoms with E-state index in [9.17, 15) is 14.7 Å². The van der Waals surface area contributed by atoms with Crippen LogP contribution in [0.5, 0.6) is 0 Å². The molecule has 0 spiro atoms. The van der Waals surface area contributed by atoms with Gasteiger partial charge in [0.15, 0.2) is 0 Å². The van der Waals surface area contributed by atoms with Crippen molar-refractivity contribution in [2.45, 2.75) is 18.9 Å². The Kier molecular flexibility index (Phi) is 6.21. The number of benzene rings is 2. The van der Waals surface area contributed by atoms with Gasteiger partial charge in [0, 0.05) is 22.4 Å². The van der Waals surface area contributed by atoms with Crippen LogP contribution in [-0.4, -0.2) is 28.0 Å². The first-order chi connectivity index (χ1) is 13.0. The molecule has 3 rings (SSSR count). The average Bonchev–Trinajstić information content (AvgIpc) is 3.11. The summed E-state index contributed by atoms with van der Waals surface area (Å²) in [4.78, 5) is 28.2. The minimum atomic E-state index is -1.06. The van der Waals surface area contributed by atoms with Crippen LogP contribution in [0, 0.1) is 0 Å². The molecule has 7 heteroatoms. The number of carbonyl (C=O) groups excluding carboxylic acids is 1. The van der Waals surface area contributed by atoms with E-state index in [0.29, 0.717) is 10.7 Å². The summed E-state index contributed by atoms with van der Waals surface area (Å²) in [5.41, 5.74) is 2.37. The summed E-state index contributed by atoms with van der Waals surface area (Å²) in [6, 6.07) is 15.5. The Labute approximate surface area is 165 Å². The topological polar surface area (TPSA) is 79.3 Å². The Morgan fingerprint density at radius 2 is 1.81 bits per heavy atom. The maximum Gasteiger partial charge on any atom is 0.326 e. The van der Waals surface area contributed by atoms with Crippen LogP contribution < -0.4 is 5.32 Å². The van der Waals surface area contributed by atoms with Crippen LogP contribution in [0.3, 0.4) is 0 Å². The number of aliphatic carboxylic acids is 1. The predicted octanol–water partition coefficient (Wildman–Crippen LogP) is 3.82. The zero-order valence-electron chi connectivity index (χ0n) is 14.3. The largest absolute Gasteiger partial charge is 0.480 e. The molecule has 3 aromatic rings. The number of carboxylic acids is 1. The fourth-order valence-corrected chi connectivity index (χ4v) is 3.52. The van der Waals surface area contributed by atoms with E-state index >= 15 is 0 Å². The Morgan fingerprint density at radius 1 is 1.11 bits per heavy atom. The summed E-state index contributed by atoms with van der Waals surface area (Å²) in [6.45, 7) is 0. The van der Waals surface area contributed by atoms with Gasteiger partial charge in [0.25, 0.3) is 0 Å². The maximum atomic E-state index is 12.3. The minimum absolute atomic E-state index is 0.0304. The maximum absolute atomic E-state index is 12.3. The molecule has 2 aromatic carbocycles. The van der Waals surface area contributed by atoms with E-state index in [1.54, 1.807) is 17.5 Å². The Hall–Kier alpha value is -2.70. The lowest BCUT2D eigenvalue weighted by Crippen LogP contribution is -2.43. The van der Waals surface area contributed by atoms with E-state index in [1.807, 2.05) is 42.5 Å². The van der Waals surface area contributed by atoms with Gasteiger partial charge in [-0.2, -0.15) is 0 Å². The van der Waals surface area contributed by atoms with Crippen LogP contribution in [0.2, 0.25) is 5.02 Å². The van der Waals surface area contributed by atoms with Crippen LogP contribution in [0.1, 0.15) is 11.3 Å². The number of amides is 1. The SMILES string of the molecule is O=C(Cc1csc(-c2ccc(Cl)cc2)n1)N[C@H](Cc1ccccc1)C(=O)O. The number of hydrogen-bond acceptors (Lipinski definition) is 4. The van der Waals surface area contributed by atoms with Crippen molar-refractivity contribution in [2.75, 3.05) is 0 Å². The molecule has 0 aliphatic heterocycles. The van der Waals surface area contributed by atoms with Crippen molar-refractivity contribution in [3.63, 3.8) is 0 Å². The molecule has 2 N–H and O–H groups in total. The third-order valence-corrected chi connectivity index (χ3v) is 5.09. The molecule has 5 nitrogen and oxygen atoms in total. The fraction of sp³-hybridized carbons (Fsp3) is 0.150. The van der Waals surface area contributed by atoms with E-state index < -0.39 is 12.0 Å². The van der Waals surface area contributed by atoms with E-state index in [1.165, 1.54) is 11.3 Å². The van der Waals surface area contributed by atoms with Crippen molar-refractivity contribution >= 4 is 34.8 Å². The van der Waals surface area contributed by atoms with Crippen molar-refractivity contribution in [3.05, 3.63) is 76.3 Å². The minimum Gasteiger partial charge on any atom is -0.480 e. The molecule has 0 aliphatic rings. The molecule has 138 valence electrons. The van der Waals surface area contributed by atoms with Gasteiger partial charge in [-0.05, 0) is 17.7 Å². The van der Waals surface area contributed by atoms with Crippen molar-refractivity contribution in [1.29, 1.82) is 0 Å². The molecule has 1 atom stereocenters. The molecule has 1 amide bonds. The zero-order valence-corrected chi connectivity index (χ0v) is 15.8.